The standard InChI is InChI=1S/C15H19ClN6O5S/c1-5-8-21-15(18-19-20-21)17-14(24)10-6-7-11(28(4,25)26)13(12(10)16)22(27-3)9(2)23/h6-7H,5,8H2,1-4H3,(H,17,18,20,24). The van der Waals surface area contributed by atoms with E-state index < -0.39 is 21.7 Å². The second-order valence-electron chi connectivity index (χ2n) is 5.72. The van der Waals surface area contributed by atoms with Crippen LogP contribution in [0.4, 0.5) is 11.6 Å². The van der Waals surface area contributed by atoms with Gasteiger partial charge in [0, 0.05) is 19.7 Å². The molecule has 2 rings (SSSR count). The number of nitrogens with one attached hydrogen (secondary N) is 1. The fourth-order valence-corrected chi connectivity index (χ4v) is 3.65. The summed E-state index contributed by atoms with van der Waals surface area (Å²) in [5.41, 5.74) is -0.335. The second-order valence-corrected chi connectivity index (χ2v) is 8.08. The molecule has 2 amide bonds. The highest BCUT2D eigenvalue weighted by atomic mass is 35.5. The molecule has 1 aromatic carbocycles. The van der Waals surface area contributed by atoms with Crippen molar-refractivity contribution in [2.45, 2.75) is 31.7 Å². The Morgan fingerprint density at radius 1 is 1.36 bits per heavy atom. The summed E-state index contributed by atoms with van der Waals surface area (Å²) in [5.74, 6) is -1.20. The van der Waals surface area contributed by atoms with Crippen molar-refractivity contribution >= 4 is 44.9 Å². The largest absolute Gasteiger partial charge is 0.289 e. The number of rotatable bonds is 7. The monoisotopic (exact) mass is 430 g/mol. The second kappa shape index (κ2) is 8.63. The van der Waals surface area contributed by atoms with Gasteiger partial charge in [0.2, 0.25) is 11.9 Å². The molecule has 11 nitrogen and oxygen atoms in total. The van der Waals surface area contributed by atoms with Gasteiger partial charge in [-0.2, -0.15) is 5.06 Å². The number of carbonyl (C=O) groups excluding carboxylic acids is 2. The van der Waals surface area contributed by atoms with Crippen LogP contribution in [0.25, 0.3) is 0 Å². The molecule has 1 heterocycles. The van der Waals surface area contributed by atoms with Crippen LogP contribution in [0.5, 0.6) is 0 Å². The summed E-state index contributed by atoms with van der Waals surface area (Å²) >= 11 is 6.32. The van der Waals surface area contributed by atoms with Crippen molar-refractivity contribution in [2.75, 3.05) is 23.7 Å². The molecule has 0 saturated carbocycles. The van der Waals surface area contributed by atoms with E-state index in [9.17, 15) is 18.0 Å². The minimum absolute atomic E-state index is 0.0848. The first kappa shape index (κ1) is 21.7. The van der Waals surface area contributed by atoms with Crippen LogP contribution < -0.4 is 10.4 Å². The number of carbonyl (C=O) groups is 2. The molecule has 0 radical (unpaired) electrons. The predicted octanol–water partition coefficient (Wildman–Crippen LogP) is 1.31. The van der Waals surface area contributed by atoms with Crippen LogP contribution in [-0.2, 0) is 26.0 Å². The molecule has 13 heteroatoms. The number of amides is 2. The zero-order valence-electron chi connectivity index (χ0n) is 15.6. The Labute approximate surface area is 166 Å². The third-order valence-electron chi connectivity index (χ3n) is 3.59. The Hall–Kier alpha value is -2.57. The maximum Gasteiger partial charge on any atom is 0.259 e. The number of tetrazole rings is 1. The van der Waals surface area contributed by atoms with Gasteiger partial charge in [-0.25, -0.2) is 13.1 Å². The summed E-state index contributed by atoms with van der Waals surface area (Å²) < 4.78 is 25.6. The topological polar surface area (TPSA) is 136 Å². The molecule has 0 saturated heterocycles. The van der Waals surface area contributed by atoms with Crippen molar-refractivity contribution < 1.29 is 22.8 Å². The van der Waals surface area contributed by atoms with Gasteiger partial charge in [0.15, 0.2) is 9.84 Å². The third-order valence-corrected chi connectivity index (χ3v) is 5.10. The molecule has 0 fully saturated rings. The Kier molecular flexibility index (Phi) is 6.69. The lowest BCUT2D eigenvalue weighted by molar-refractivity contribution is -0.122. The van der Waals surface area contributed by atoms with E-state index in [0.717, 1.165) is 19.6 Å². The first-order valence-corrected chi connectivity index (χ1v) is 10.3. The van der Waals surface area contributed by atoms with Crippen LogP contribution in [0.1, 0.15) is 30.6 Å². The minimum atomic E-state index is -3.78. The van der Waals surface area contributed by atoms with E-state index in [4.69, 9.17) is 16.4 Å². The first-order valence-electron chi connectivity index (χ1n) is 8.06. The number of aryl methyl sites for hydroxylation is 1. The number of halogens is 1. The van der Waals surface area contributed by atoms with Crippen molar-refractivity contribution in [2.24, 2.45) is 0 Å². The van der Waals surface area contributed by atoms with Crippen molar-refractivity contribution in [3.63, 3.8) is 0 Å². The van der Waals surface area contributed by atoms with Crippen molar-refractivity contribution in [1.29, 1.82) is 0 Å². The van der Waals surface area contributed by atoms with Gasteiger partial charge in [-0.15, -0.1) is 0 Å². The highest BCUT2D eigenvalue weighted by molar-refractivity contribution is 7.90. The van der Waals surface area contributed by atoms with Gasteiger partial charge in [-0.05, 0) is 29.0 Å². The molecule has 0 spiro atoms. The first-order chi connectivity index (χ1) is 13.1. The van der Waals surface area contributed by atoms with Crippen LogP contribution in [0.2, 0.25) is 5.02 Å². The lowest BCUT2D eigenvalue weighted by atomic mass is 10.1. The van der Waals surface area contributed by atoms with Crippen LogP contribution in [0.15, 0.2) is 17.0 Å². The lowest BCUT2D eigenvalue weighted by Crippen LogP contribution is -2.29. The average Bonchev–Trinajstić information content (AvgIpc) is 3.02. The molecule has 0 aliphatic rings. The highest BCUT2D eigenvalue weighted by Crippen LogP contribution is 2.36. The van der Waals surface area contributed by atoms with Crippen molar-refractivity contribution in [3.05, 3.63) is 22.7 Å². The van der Waals surface area contributed by atoms with Crippen molar-refractivity contribution in [3.8, 4) is 0 Å². The van der Waals surface area contributed by atoms with Crippen LogP contribution >= 0.6 is 11.6 Å². The molecule has 28 heavy (non-hydrogen) atoms. The highest BCUT2D eigenvalue weighted by Gasteiger charge is 2.28. The van der Waals surface area contributed by atoms with E-state index in [1.165, 1.54) is 23.9 Å². The van der Waals surface area contributed by atoms with E-state index in [2.05, 4.69) is 20.8 Å². The normalized spacial score (nSPS) is 11.3. The zero-order chi connectivity index (χ0) is 21.1. The molecule has 0 aliphatic heterocycles. The summed E-state index contributed by atoms with van der Waals surface area (Å²) in [5, 5.41) is 13.9. The van der Waals surface area contributed by atoms with Gasteiger partial charge in [0.1, 0.15) is 5.69 Å². The van der Waals surface area contributed by atoms with Gasteiger partial charge in [0.05, 0.1) is 22.6 Å². The number of anilines is 2. The van der Waals surface area contributed by atoms with E-state index in [1.807, 2.05) is 6.92 Å². The number of hydroxylamine groups is 1. The molecule has 1 aromatic heterocycles. The quantitative estimate of drug-likeness (QED) is 0.649. The van der Waals surface area contributed by atoms with Crippen LogP contribution in [0, 0.1) is 0 Å². The summed E-state index contributed by atoms with van der Waals surface area (Å²) in [4.78, 5) is 29.3. The number of benzene rings is 1. The number of nitrogens with zero attached hydrogens (tertiary/aromatic N) is 5. The van der Waals surface area contributed by atoms with E-state index >= 15 is 0 Å². The molecular formula is C15H19ClN6O5S. The lowest BCUT2D eigenvalue weighted by Gasteiger charge is -2.22. The maximum atomic E-state index is 12.7. The minimum Gasteiger partial charge on any atom is -0.289 e. The Bertz CT molecular complexity index is 1010. The van der Waals surface area contributed by atoms with Gasteiger partial charge < -0.3 is 0 Å². The number of sulfone groups is 1. The summed E-state index contributed by atoms with van der Waals surface area (Å²) in [7, 11) is -2.60. The van der Waals surface area contributed by atoms with Crippen molar-refractivity contribution in [1.82, 2.24) is 20.2 Å². The average molecular weight is 431 g/mol. The fourth-order valence-electron chi connectivity index (χ4n) is 2.41. The maximum absolute atomic E-state index is 12.7. The van der Waals surface area contributed by atoms with Gasteiger partial charge in [-0.3, -0.25) is 19.7 Å². The number of aromatic nitrogens is 4. The summed E-state index contributed by atoms with van der Waals surface area (Å²) in [6, 6.07) is 2.41. The van der Waals surface area contributed by atoms with E-state index in [1.54, 1.807) is 0 Å². The molecule has 1 N–H and O–H groups in total. The fraction of sp³-hybridized carbons (Fsp3) is 0.400. The van der Waals surface area contributed by atoms with Gasteiger partial charge in [0.25, 0.3) is 5.91 Å². The summed E-state index contributed by atoms with van der Waals surface area (Å²) in [6.45, 7) is 3.56. The molecule has 0 aliphatic carbocycles. The van der Waals surface area contributed by atoms with Crippen LogP contribution in [0.3, 0.4) is 0 Å². The SMILES string of the molecule is CCCn1nnnc1NC(=O)c1ccc(S(C)(=O)=O)c(N(OC)C(C)=O)c1Cl. The van der Waals surface area contributed by atoms with Gasteiger partial charge >= 0.3 is 0 Å². The summed E-state index contributed by atoms with van der Waals surface area (Å²) in [6.07, 6.45) is 1.69. The van der Waals surface area contributed by atoms with E-state index in [0.29, 0.717) is 11.6 Å². The molecule has 2 aromatic rings. The molecule has 0 unspecified atom stereocenters. The Morgan fingerprint density at radius 3 is 2.57 bits per heavy atom. The van der Waals surface area contributed by atoms with E-state index in [-0.39, 0.29) is 27.1 Å². The van der Waals surface area contributed by atoms with Gasteiger partial charge in [-0.1, -0.05) is 23.6 Å². The smallest absolute Gasteiger partial charge is 0.259 e. The molecule has 152 valence electrons. The molecule has 0 bridgehead atoms. The number of hydrogen-bond donors (Lipinski definition) is 1. The third kappa shape index (κ3) is 4.46. The zero-order valence-corrected chi connectivity index (χ0v) is 17.2. The number of hydrogen-bond acceptors (Lipinski definition) is 8. The van der Waals surface area contributed by atoms with Crippen LogP contribution in [-0.4, -0.2) is 53.8 Å². The predicted molar refractivity (Wildman–Crippen MR) is 101 cm³/mol. The Morgan fingerprint density at radius 2 is 2.04 bits per heavy atom. The molecule has 0 atom stereocenters. The molecular weight excluding hydrogens is 412 g/mol. The Balaban J connectivity index is 2.55.